The number of carbonyl (C=O) groups is 1. The van der Waals surface area contributed by atoms with Crippen molar-refractivity contribution in [1.29, 1.82) is 0 Å². The molecule has 4 aromatic rings. The van der Waals surface area contributed by atoms with E-state index in [1.165, 1.54) is 35.7 Å². The van der Waals surface area contributed by atoms with Gasteiger partial charge in [-0.2, -0.15) is 5.10 Å². The fraction of sp³-hybridized carbons (Fsp3) is 0.267. The summed E-state index contributed by atoms with van der Waals surface area (Å²) in [4.78, 5) is 15.2. The second-order valence-corrected chi connectivity index (χ2v) is 9.94. The van der Waals surface area contributed by atoms with Gasteiger partial charge >= 0.3 is 0 Å². The molecule has 0 saturated heterocycles. The van der Waals surface area contributed by atoms with Crippen molar-refractivity contribution in [2.24, 2.45) is 0 Å². The molecule has 0 bridgehead atoms. The van der Waals surface area contributed by atoms with Crippen LogP contribution in [0, 0.1) is 0 Å². The second-order valence-electron chi connectivity index (χ2n) is 9.94. The topological polar surface area (TPSA) is 81.2 Å². The molecule has 6 heteroatoms. The first-order valence-electron chi connectivity index (χ1n) is 12.7. The van der Waals surface area contributed by atoms with Crippen LogP contribution < -0.4 is 10.2 Å². The van der Waals surface area contributed by atoms with E-state index in [4.69, 9.17) is 0 Å². The Labute approximate surface area is 211 Å². The quantitative estimate of drug-likeness (QED) is 0.322. The molecule has 2 aliphatic rings. The van der Waals surface area contributed by atoms with E-state index in [9.17, 15) is 9.90 Å². The predicted octanol–water partition coefficient (Wildman–Crippen LogP) is 5.27. The largest absolute Gasteiger partial charge is 0.507 e. The average molecular weight is 479 g/mol. The summed E-state index contributed by atoms with van der Waals surface area (Å²) in [7, 11) is 0. The van der Waals surface area contributed by atoms with Crippen LogP contribution in [0.1, 0.15) is 63.1 Å². The summed E-state index contributed by atoms with van der Waals surface area (Å²) >= 11 is 0. The standard InChI is InChI=1S/C30H30N4O2/c35-29-8-4-3-7-27(29)30(36)31-17-24(15-25-16-28(33-32-25)21-9-10-21)20-11-13-26(14-12-20)34-18-22-5-1-2-6-23(22)19-34/h1-8,11-14,16,21,24,35H,9-10,15,17-19H2,(H,31,36)(H,32,33). The molecule has 1 unspecified atom stereocenters. The number of anilines is 1. The molecule has 6 rings (SSSR count). The van der Waals surface area contributed by atoms with E-state index < -0.39 is 0 Å². The van der Waals surface area contributed by atoms with Gasteiger partial charge < -0.3 is 15.3 Å². The van der Waals surface area contributed by atoms with Gasteiger partial charge in [0.15, 0.2) is 0 Å². The molecule has 3 N–H and O–H groups in total. The van der Waals surface area contributed by atoms with Gasteiger partial charge in [-0.1, -0.05) is 48.5 Å². The maximum atomic E-state index is 12.8. The average Bonchev–Trinajstić information content (AvgIpc) is 3.49. The van der Waals surface area contributed by atoms with Gasteiger partial charge in [-0.05, 0) is 66.3 Å². The van der Waals surface area contributed by atoms with Crippen molar-refractivity contribution in [3.8, 4) is 5.75 Å². The number of amides is 1. The summed E-state index contributed by atoms with van der Waals surface area (Å²) in [5.41, 5.74) is 7.65. The molecule has 1 aliphatic heterocycles. The summed E-state index contributed by atoms with van der Waals surface area (Å²) in [5, 5.41) is 20.8. The molecule has 1 amide bonds. The van der Waals surface area contributed by atoms with E-state index in [-0.39, 0.29) is 23.1 Å². The molecule has 36 heavy (non-hydrogen) atoms. The van der Waals surface area contributed by atoms with E-state index in [1.54, 1.807) is 18.2 Å². The van der Waals surface area contributed by atoms with Gasteiger partial charge in [0, 0.05) is 42.9 Å². The van der Waals surface area contributed by atoms with Crippen LogP contribution in [0.4, 0.5) is 5.69 Å². The molecule has 1 aromatic heterocycles. The van der Waals surface area contributed by atoms with Crippen LogP contribution in [0.15, 0.2) is 78.9 Å². The molecule has 182 valence electrons. The lowest BCUT2D eigenvalue weighted by Gasteiger charge is -2.21. The maximum Gasteiger partial charge on any atom is 0.255 e. The van der Waals surface area contributed by atoms with E-state index in [0.29, 0.717) is 12.5 Å². The van der Waals surface area contributed by atoms with Gasteiger partial charge in [-0.3, -0.25) is 9.89 Å². The van der Waals surface area contributed by atoms with Gasteiger partial charge in [0.1, 0.15) is 5.75 Å². The minimum Gasteiger partial charge on any atom is -0.507 e. The van der Waals surface area contributed by atoms with Crippen LogP contribution in [0.3, 0.4) is 0 Å². The third-order valence-corrected chi connectivity index (χ3v) is 7.34. The molecule has 1 saturated carbocycles. The van der Waals surface area contributed by atoms with Crippen molar-refractivity contribution < 1.29 is 9.90 Å². The number of para-hydroxylation sites is 1. The third-order valence-electron chi connectivity index (χ3n) is 7.34. The van der Waals surface area contributed by atoms with Crippen molar-refractivity contribution in [3.05, 3.63) is 113 Å². The first-order valence-corrected chi connectivity index (χ1v) is 12.7. The maximum absolute atomic E-state index is 12.8. The summed E-state index contributed by atoms with van der Waals surface area (Å²) < 4.78 is 0. The molecule has 3 aromatic carbocycles. The van der Waals surface area contributed by atoms with Crippen molar-refractivity contribution in [2.75, 3.05) is 11.4 Å². The summed E-state index contributed by atoms with van der Waals surface area (Å²) in [6, 6.07) is 26.1. The first kappa shape index (κ1) is 22.4. The molecule has 2 heterocycles. The summed E-state index contributed by atoms with van der Waals surface area (Å²) in [6.07, 6.45) is 3.17. The molecule has 1 atom stereocenters. The number of nitrogens with one attached hydrogen (secondary N) is 2. The number of carbonyl (C=O) groups excluding carboxylic acids is 1. The molecule has 0 spiro atoms. The van der Waals surface area contributed by atoms with Crippen LogP contribution in [-0.2, 0) is 19.5 Å². The highest BCUT2D eigenvalue weighted by Gasteiger charge is 2.27. The minimum absolute atomic E-state index is 0.00912. The Balaban J connectivity index is 1.19. The molecular weight excluding hydrogens is 448 g/mol. The summed E-state index contributed by atoms with van der Waals surface area (Å²) in [5.74, 6) is 0.383. The lowest BCUT2D eigenvalue weighted by Crippen LogP contribution is -2.29. The number of benzene rings is 3. The Morgan fingerprint density at radius 1 is 1.00 bits per heavy atom. The van der Waals surface area contributed by atoms with Crippen LogP contribution in [0.2, 0.25) is 0 Å². The smallest absolute Gasteiger partial charge is 0.255 e. The molecular formula is C30H30N4O2. The Kier molecular flexibility index (Phi) is 5.93. The number of phenolic OH excluding ortho intramolecular Hbond substituents is 1. The predicted molar refractivity (Wildman–Crippen MR) is 140 cm³/mol. The number of nitrogens with zero attached hydrogens (tertiary/aromatic N) is 2. The van der Waals surface area contributed by atoms with Crippen molar-refractivity contribution in [1.82, 2.24) is 15.5 Å². The highest BCUT2D eigenvalue weighted by molar-refractivity contribution is 5.96. The number of rotatable bonds is 8. The number of phenols is 1. The normalized spacial score (nSPS) is 15.5. The molecule has 1 aliphatic carbocycles. The zero-order valence-corrected chi connectivity index (χ0v) is 20.2. The highest BCUT2D eigenvalue weighted by Crippen LogP contribution is 2.39. The number of aromatic nitrogens is 2. The Bertz CT molecular complexity index is 1350. The van der Waals surface area contributed by atoms with E-state index in [2.05, 4.69) is 75.0 Å². The number of hydrogen-bond donors (Lipinski definition) is 3. The lowest BCUT2D eigenvalue weighted by atomic mass is 9.93. The fourth-order valence-corrected chi connectivity index (χ4v) is 5.10. The number of hydrogen-bond acceptors (Lipinski definition) is 4. The monoisotopic (exact) mass is 478 g/mol. The van der Waals surface area contributed by atoms with E-state index >= 15 is 0 Å². The number of aromatic amines is 1. The fourth-order valence-electron chi connectivity index (χ4n) is 5.10. The van der Waals surface area contributed by atoms with Gasteiger partial charge in [-0.15, -0.1) is 0 Å². The van der Waals surface area contributed by atoms with Crippen molar-refractivity contribution in [3.63, 3.8) is 0 Å². The van der Waals surface area contributed by atoms with E-state index in [1.807, 2.05) is 0 Å². The van der Waals surface area contributed by atoms with Gasteiger partial charge in [0.05, 0.1) is 11.3 Å². The second kappa shape index (κ2) is 9.53. The van der Waals surface area contributed by atoms with Gasteiger partial charge in [0.2, 0.25) is 0 Å². The Morgan fingerprint density at radius 2 is 1.69 bits per heavy atom. The zero-order chi connectivity index (χ0) is 24.5. The minimum atomic E-state index is -0.271. The Hall–Kier alpha value is -4.06. The van der Waals surface area contributed by atoms with Gasteiger partial charge in [0.25, 0.3) is 5.91 Å². The van der Waals surface area contributed by atoms with Crippen LogP contribution in [0.5, 0.6) is 5.75 Å². The van der Waals surface area contributed by atoms with Crippen molar-refractivity contribution in [2.45, 2.75) is 44.2 Å². The number of aromatic hydroxyl groups is 1. The molecule has 1 fully saturated rings. The SMILES string of the molecule is O=C(NCC(Cc1cc(C2CC2)n[nH]1)c1ccc(N2Cc3ccccc3C2)cc1)c1ccccc1O. The highest BCUT2D eigenvalue weighted by atomic mass is 16.3. The number of H-pyrrole nitrogens is 1. The Morgan fingerprint density at radius 3 is 2.39 bits per heavy atom. The van der Waals surface area contributed by atoms with Gasteiger partial charge in [-0.25, -0.2) is 0 Å². The molecule has 0 radical (unpaired) electrons. The summed E-state index contributed by atoms with van der Waals surface area (Å²) in [6.45, 7) is 2.31. The molecule has 6 nitrogen and oxygen atoms in total. The van der Waals surface area contributed by atoms with E-state index in [0.717, 1.165) is 36.5 Å². The van der Waals surface area contributed by atoms with Crippen molar-refractivity contribution >= 4 is 11.6 Å². The number of fused-ring (bicyclic) bond motifs is 1. The first-order chi connectivity index (χ1) is 17.6. The van der Waals surface area contributed by atoms with Crippen LogP contribution >= 0.6 is 0 Å². The lowest BCUT2D eigenvalue weighted by molar-refractivity contribution is 0.0948. The third kappa shape index (κ3) is 4.71. The van der Waals surface area contributed by atoms with Crippen LogP contribution in [-0.4, -0.2) is 27.8 Å². The van der Waals surface area contributed by atoms with Crippen LogP contribution in [0.25, 0.3) is 0 Å². The zero-order valence-electron chi connectivity index (χ0n) is 20.2.